The van der Waals surface area contributed by atoms with Crippen LogP contribution in [0.25, 0.3) is 16.8 Å². The third-order valence-electron chi connectivity index (χ3n) is 6.85. The van der Waals surface area contributed by atoms with E-state index in [-0.39, 0.29) is 24.2 Å². The van der Waals surface area contributed by atoms with Crippen molar-refractivity contribution in [2.24, 2.45) is 5.92 Å². The van der Waals surface area contributed by atoms with Crippen molar-refractivity contribution in [3.63, 3.8) is 0 Å². The lowest BCUT2D eigenvalue weighted by molar-refractivity contribution is -0.157. The second-order valence-electron chi connectivity index (χ2n) is 10.2. The molecule has 0 aliphatic carbocycles. The number of amides is 3. The molecule has 2 aliphatic rings. The number of benzene rings is 1. The molecule has 4 rings (SSSR count). The zero-order valence-electron chi connectivity index (χ0n) is 22.2. The number of cyclic esters (lactones) is 1. The maximum atomic E-state index is 13.1. The van der Waals surface area contributed by atoms with E-state index < -0.39 is 36.1 Å². The fourth-order valence-corrected chi connectivity index (χ4v) is 4.61. The second-order valence-corrected chi connectivity index (χ2v) is 10.2. The lowest BCUT2D eigenvalue weighted by Crippen LogP contribution is -2.61. The van der Waals surface area contributed by atoms with Crippen LogP contribution in [-0.2, 0) is 23.9 Å². The summed E-state index contributed by atoms with van der Waals surface area (Å²) in [7, 11) is 0. The van der Waals surface area contributed by atoms with Crippen LogP contribution in [0.3, 0.4) is 0 Å². The van der Waals surface area contributed by atoms with E-state index in [1.54, 1.807) is 25.3 Å². The molecule has 0 saturated carbocycles. The third kappa shape index (κ3) is 6.36. The van der Waals surface area contributed by atoms with Crippen LogP contribution in [0, 0.1) is 5.92 Å². The van der Waals surface area contributed by atoms with Gasteiger partial charge < -0.3 is 15.4 Å². The standard InChI is InChI=1S/C28H35N5O5/c1-16(2)25-26(35)30-17(3)27(36)33-12-6-8-23(32-33)28(37)38-18(4)19-10-11-20-15-29-22(14-21(20)13-19)7-5-9-24(34)31-25/h5,7,10-11,13-18,23,25,32H,6,8-9,12H2,1-4H3,(H,30,35)(H,31,34)/b7-5-/t17-,18+,23-,25-/m0/s1. The minimum atomic E-state index is -0.861. The van der Waals surface area contributed by atoms with Crippen molar-refractivity contribution in [3.05, 3.63) is 47.8 Å². The average Bonchev–Trinajstić information content (AvgIpc) is 2.90. The number of hydrogen-bond acceptors (Lipinski definition) is 7. The summed E-state index contributed by atoms with van der Waals surface area (Å²) in [4.78, 5) is 56.1. The Kier molecular flexibility index (Phi) is 8.41. The molecule has 3 N–H and O–H groups in total. The van der Waals surface area contributed by atoms with Crippen molar-refractivity contribution in [1.82, 2.24) is 26.1 Å². The molecule has 0 radical (unpaired) electrons. The number of esters is 1. The minimum absolute atomic E-state index is 0.0663. The SMILES string of the molecule is CC(C)[C@@H]1NC(=O)C/C=C\c2cc3cc(ccc3cn2)[C@@H](C)OC(=O)[C@@H]2CCCN(N2)C(=O)[C@H](C)NC1=O. The maximum Gasteiger partial charge on any atom is 0.325 e. The summed E-state index contributed by atoms with van der Waals surface area (Å²) in [5.74, 6) is -1.77. The number of carbonyl (C=O) groups is 4. The number of nitrogens with zero attached hydrogens (tertiary/aromatic N) is 2. The Morgan fingerprint density at radius 1 is 1.05 bits per heavy atom. The van der Waals surface area contributed by atoms with Gasteiger partial charge in [0.2, 0.25) is 11.8 Å². The number of hydrazine groups is 1. The third-order valence-corrected chi connectivity index (χ3v) is 6.85. The molecular formula is C28H35N5O5. The molecule has 1 saturated heterocycles. The first kappa shape index (κ1) is 27.3. The molecule has 1 aromatic carbocycles. The molecule has 2 aromatic rings. The molecule has 2 aliphatic heterocycles. The van der Waals surface area contributed by atoms with Gasteiger partial charge in [-0.2, -0.15) is 0 Å². The monoisotopic (exact) mass is 521 g/mol. The molecule has 4 atom stereocenters. The van der Waals surface area contributed by atoms with Crippen LogP contribution in [0.1, 0.15) is 64.3 Å². The Morgan fingerprint density at radius 2 is 1.84 bits per heavy atom. The summed E-state index contributed by atoms with van der Waals surface area (Å²) in [6, 6.07) is 5.33. The van der Waals surface area contributed by atoms with Crippen LogP contribution in [0.15, 0.2) is 36.5 Å². The lowest BCUT2D eigenvalue weighted by atomic mass is 10.0. The van der Waals surface area contributed by atoms with Crippen molar-refractivity contribution in [2.45, 2.75) is 71.2 Å². The van der Waals surface area contributed by atoms with Crippen LogP contribution >= 0.6 is 0 Å². The summed E-state index contributed by atoms with van der Waals surface area (Å²) in [5.41, 5.74) is 4.48. The number of rotatable bonds is 1. The largest absolute Gasteiger partial charge is 0.457 e. The van der Waals surface area contributed by atoms with E-state index >= 15 is 0 Å². The number of aromatic nitrogens is 1. The Hall–Kier alpha value is -3.79. The smallest absolute Gasteiger partial charge is 0.325 e. The van der Waals surface area contributed by atoms with E-state index in [4.69, 9.17) is 4.74 Å². The molecule has 0 unspecified atom stereocenters. The van der Waals surface area contributed by atoms with Crippen molar-refractivity contribution < 1.29 is 23.9 Å². The predicted molar refractivity (Wildman–Crippen MR) is 142 cm³/mol. The lowest BCUT2D eigenvalue weighted by Gasteiger charge is -2.35. The number of hydrogen-bond donors (Lipinski definition) is 3. The Balaban J connectivity index is 1.64. The predicted octanol–water partition coefficient (Wildman–Crippen LogP) is 2.40. The van der Waals surface area contributed by atoms with Crippen LogP contribution in [-0.4, -0.2) is 58.4 Å². The normalized spacial score (nSPS) is 26.6. The zero-order chi connectivity index (χ0) is 27.4. The molecule has 10 heteroatoms. The van der Waals surface area contributed by atoms with E-state index in [9.17, 15) is 19.2 Å². The molecule has 10 nitrogen and oxygen atoms in total. The molecule has 0 spiro atoms. The van der Waals surface area contributed by atoms with Gasteiger partial charge in [0.15, 0.2) is 0 Å². The molecule has 202 valence electrons. The molecular weight excluding hydrogens is 486 g/mol. The van der Waals surface area contributed by atoms with Gasteiger partial charge in [0, 0.05) is 24.5 Å². The summed E-state index contributed by atoms with van der Waals surface area (Å²) in [6.45, 7) is 7.44. The summed E-state index contributed by atoms with van der Waals surface area (Å²) >= 11 is 0. The van der Waals surface area contributed by atoms with Gasteiger partial charge in [-0.25, -0.2) is 5.43 Å². The second kappa shape index (κ2) is 11.7. The number of fused-ring (bicyclic) bond motifs is 4. The highest BCUT2D eigenvalue weighted by Gasteiger charge is 2.33. The van der Waals surface area contributed by atoms with E-state index in [2.05, 4.69) is 21.0 Å². The quantitative estimate of drug-likeness (QED) is 0.492. The summed E-state index contributed by atoms with van der Waals surface area (Å²) in [5, 5.41) is 8.71. The number of ether oxygens (including phenoxy) is 1. The highest BCUT2D eigenvalue weighted by Crippen LogP contribution is 2.24. The van der Waals surface area contributed by atoms with Gasteiger partial charge in [0.05, 0.1) is 5.69 Å². The van der Waals surface area contributed by atoms with Gasteiger partial charge in [0.1, 0.15) is 24.2 Å². The molecule has 3 amide bonds. The molecule has 5 bridgehead atoms. The highest BCUT2D eigenvalue weighted by molar-refractivity contribution is 5.92. The van der Waals surface area contributed by atoms with Crippen LogP contribution < -0.4 is 16.1 Å². The number of nitrogens with one attached hydrogen (secondary N) is 3. The van der Waals surface area contributed by atoms with Crippen molar-refractivity contribution in [3.8, 4) is 0 Å². The average molecular weight is 522 g/mol. The Morgan fingerprint density at radius 3 is 2.61 bits per heavy atom. The fraction of sp³-hybridized carbons (Fsp3) is 0.464. The van der Waals surface area contributed by atoms with Crippen LogP contribution in [0.4, 0.5) is 0 Å². The van der Waals surface area contributed by atoms with Gasteiger partial charge in [-0.15, -0.1) is 0 Å². The van der Waals surface area contributed by atoms with Crippen molar-refractivity contribution in [2.75, 3.05) is 6.54 Å². The highest BCUT2D eigenvalue weighted by atomic mass is 16.5. The van der Waals surface area contributed by atoms with Crippen LogP contribution in [0.5, 0.6) is 0 Å². The van der Waals surface area contributed by atoms with Gasteiger partial charge in [-0.1, -0.05) is 32.1 Å². The Labute approximate surface area is 222 Å². The van der Waals surface area contributed by atoms with Gasteiger partial charge in [-0.05, 0) is 61.8 Å². The summed E-state index contributed by atoms with van der Waals surface area (Å²) < 4.78 is 5.77. The maximum absolute atomic E-state index is 13.1. The van der Waals surface area contributed by atoms with E-state index in [1.165, 1.54) is 5.01 Å². The number of carbonyl (C=O) groups excluding carboxylic acids is 4. The molecule has 38 heavy (non-hydrogen) atoms. The van der Waals surface area contributed by atoms with Gasteiger partial charge in [-0.3, -0.25) is 29.2 Å². The minimum Gasteiger partial charge on any atom is -0.457 e. The van der Waals surface area contributed by atoms with Crippen LogP contribution in [0.2, 0.25) is 0 Å². The first-order valence-corrected chi connectivity index (χ1v) is 13.1. The van der Waals surface area contributed by atoms with Crippen molar-refractivity contribution >= 4 is 40.5 Å². The topological polar surface area (TPSA) is 130 Å². The fourth-order valence-electron chi connectivity index (χ4n) is 4.61. The molecule has 3 heterocycles. The number of pyridine rings is 1. The molecule has 1 aromatic heterocycles. The zero-order valence-corrected chi connectivity index (χ0v) is 22.2. The summed E-state index contributed by atoms with van der Waals surface area (Å²) in [6.07, 6.45) is 5.90. The van der Waals surface area contributed by atoms with E-state index in [0.717, 1.165) is 16.3 Å². The first-order valence-electron chi connectivity index (χ1n) is 13.1. The Bertz CT molecular complexity index is 1260. The van der Waals surface area contributed by atoms with Gasteiger partial charge >= 0.3 is 5.97 Å². The van der Waals surface area contributed by atoms with E-state index in [0.29, 0.717) is 25.1 Å². The van der Waals surface area contributed by atoms with Gasteiger partial charge in [0.25, 0.3) is 5.91 Å². The first-order chi connectivity index (χ1) is 18.1. The molecule has 1 fully saturated rings. The van der Waals surface area contributed by atoms with Crippen molar-refractivity contribution in [1.29, 1.82) is 0 Å². The van der Waals surface area contributed by atoms with E-state index in [1.807, 2.05) is 45.0 Å².